The fourth-order valence-electron chi connectivity index (χ4n) is 17.4. The zero-order chi connectivity index (χ0) is 88.9. The van der Waals surface area contributed by atoms with Crippen molar-refractivity contribution in [2.75, 3.05) is 0 Å². The Morgan fingerprint density at radius 3 is 0.859 bits per heavy atom. The Morgan fingerprint density at radius 2 is 0.508 bits per heavy atom. The minimum Gasteiger partial charge on any atom is -0.507 e. The molecule has 4 aliphatic heterocycles. The Morgan fingerprint density at radius 1 is 0.250 bits per heavy atom. The molecule has 7 heterocycles. The van der Waals surface area contributed by atoms with Crippen LogP contribution in [0.1, 0.15) is 83.5 Å². The van der Waals surface area contributed by atoms with E-state index in [9.17, 15) is 30.4 Å². The van der Waals surface area contributed by atoms with Crippen LogP contribution in [0.5, 0.6) is 11.5 Å². The van der Waals surface area contributed by atoms with Gasteiger partial charge in [-0.15, -0.1) is 22.7 Å². The SMILES string of the molecule is Cc1cccc(-c2ccccc2)c1O.Cc1cccc2c1OS(=O)c1c(C)cccc1-2.Cc1cccc2c1S(=O)(=O)c1c(C)cccc1-2.Cc1cccc2c1S(=O)(=O)c1c(C)cccc1-2.Cc1cccc2c1S(=O)c1c(C)cccc1-2.Cc1cccc2c1oc1c(C)cccc12.Cc1cccc2c1sc1c(C)cccc12.Cc1cccc2c1sc1c(C)cccc12.O.O. The molecule has 646 valence electrons. The first kappa shape index (κ1) is 91.7. The van der Waals surface area contributed by atoms with Crippen LogP contribution in [0, 0.1) is 104 Å². The van der Waals surface area contributed by atoms with Crippen LogP contribution in [0.4, 0.5) is 0 Å². The topological polar surface area (TPSA) is 208 Å². The summed E-state index contributed by atoms with van der Waals surface area (Å²) in [5.41, 5.74) is 28.0. The van der Waals surface area contributed by atoms with Crippen molar-refractivity contribution in [1.29, 1.82) is 0 Å². The molecule has 0 amide bonds. The summed E-state index contributed by atoms with van der Waals surface area (Å²) in [6, 6.07) is 101. The molecule has 11 nitrogen and oxygen atoms in total. The van der Waals surface area contributed by atoms with E-state index in [0.29, 0.717) is 25.3 Å². The largest absolute Gasteiger partial charge is 0.507 e. The summed E-state index contributed by atoms with van der Waals surface area (Å²) in [5.74, 6) is 1.11. The number of phenols is 1. The fraction of sp³-hybridized carbons (Fsp3) is 0.135. The van der Waals surface area contributed by atoms with E-state index in [1.807, 2.05) is 267 Å². The van der Waals surface area contributed by atoms with Crippen LogP contribution in [0.2, 0.25) is 0 Å². The number of thiophene rings is 2. The first-order valence-electron chi connectivity index (χ1n) is 41.8. The van der Waals surface area contributed by atoms with Crippen LogP contribution in [-0.2, 0) is 41.6 Å². The van der Waals surface area contributed by atoms with Crippen LogP contribution in [-0.4, -0.2) is 41.3 Å². The van der Waals surface area contributed by atoms with Gasteiger partial charge in [-0.3, -0.25) is 0 Å². The second kappa shape index (κ2) is 37.8. The van der Waals surface area contributed by atoms with E-state index in [4.69, 9.17) is 8.60 Å². The number of furan rings is 1. The summed E-state index contributed by atoms with van der Waals surface area (Å²) in [6.07, 6.45) is 0. The zero-order valence-corrected chi connectivity index (χ0v) is 78.9. The number of benzene rings is 16. The van der Waals surface area contributed by atoms with Crippen LogP contribution in [0.3, 0.4) is 0 Å². The maximum atomic E-state index is 12.5. The maximum absolute atomic E-state index is 12.5. The van der Waals surface area contributed by atoms with E-state index in [-0.39, 0.29) is 11.0 Å². The van der Waals surface area contributed by atoms with Crippen molar-refractivity contribution < 1.29 is 49.9 Å². The van der Waals surface area contributed by atoms with Crippen molar-refractivity contribution in [3.05, 3.63) is 387 Å². The normalized spacial score (nSPS) is 13.1. The fourth-order valence-corrected chi connectivity index (χ4v) is 27.0. The van der Waals surface area contributed by atoms with Gasteiger partial charge in [-0.25, -0.2) is 25.3 Å². The molecule has 0 saturated carbocycles. The molecule has 23 rings (SSSR count). The molecule has 3 aromatic heterocycles. The predicted molar refractivity (Wildman–Crippen MR) is 534 cm³/mol. The summed E-state index contributed by atoms with van der Waals surface area (Å²) >= 11 is 2.43. The zero-order valence-electron chi connectivity index (χ0n) is 74.0. The lowest BCUT2D eigenvalue weighted by atomic mass is 10.00. The van der Waals surface area contributed by atoms with Crippen LogP contribution in [0.15, 0.2) is 342 Å². The van der Waals surface area contributed by atoms with Gasteiger partial charge < -0.3 is 24.7 Å². The van der Waals surface area contributed by atoms with Crippen molar-refractivity contribution in [3.8, 4) is 67.1 Å². The third-order valence-electron chi connectivity index (χ3n) is 23.7. The highest BCUT2D eigenvalue weighted by atomic mass is 32.2. The summed E-state index contributed by atoms with van der Waals surface area (Å²) in [5, 5.41) is 17.9. The third kappa shape index (κ3) is 17.1. The molecular weight excluding hydrogens is 1700 g/mol. The van der Waals surface area contributed by atoms with Crippen molar-refractivity contribution in [3.63, 3.8) is 0 Å². The highest BCUT2D eigenvalue weighted by molar-refractivity contribution is 7.92. The van der Waals surface area contributed by atoms with E-state index in [0.717, 1.165) is 137 Å². The molecule has 0 fully saturated rings. The molecule has 5 N–H and O–H groups in total. The molecule has 0 bridgehead atoms. The number of hydrogen-bond acceptors (Lipinski definition) is 11. The number of aromatic hydroxyl groups is 1. The van der Waals surface area contributed by atoms with Crippen LogP contribution >= 0.6 is 22.7 Å². The van der Waals surface area contributed by atoms with Gasteiger partial charge in [0.1, 0.15) is 16.9 Å². The van der Waals surface area contributed by atoms with Gasteiger partial charge >= 0.3 is 0 Å². The van der Waals surface area contributed by atoms with Crippen molar-refractivity contribution in [1.82, 2.24) is 0 Å². The first-order valence-corrected chi connectivity index (χ1v) is 48.6. The van der Waals surface area contributed by atoms with Gasteiger partial charge in [-0.05, 0) is 204 Å². The quantitative estimate of drug-likeness (QED) is 0.166. The predicted octanol–water partition coefficient (Wildman–Crippen LogP) is 28.3. The molecule has 0 saturated heterocycles. The minimum absolute atomic E-state index is 0. The lowest BCUT2D eigenvalue weighted by molar-refractivity contribution is 0.473. The van der Waals surface area contributed by atoms with E-state index in [2.05, 4.69) is 163 Å². The van der Waals surface area contributed by atoms with Gasteiger partial charge in [0.2, 0.25) is 30.8 Å². The summed E-state index contributed by atoms with van der Waals surface area (Å²) < 4.78 is 91.8. The Bertz CT molecular complexity index is 7100. The standard InChI is InChI=1S/3C14H12O2S.C14H12OS.C14H12O.2C14H12S.C13H12O.2H2O/c2*1-9-5-3-7-11-12-8-4-6-10(2)14(12)17(15,16)13(9)11;1-9-5-3-7-11-12-8-4-6-10(2)14(12)17(15)16-13(9)11;1-9-5-3-7-11-12-8-4-6-10(2)14(12)16(15)13(9)11;3*1-9-5-3-7-11-12-8-4-6-10(2)14(12)15-13(9)11;1-10-6-5-9-12(13(10)14)11-7-3-2-4-8-11;;/h3*3-8H,1-2H3;3-8H,1-2H3;3*3-8H,1-2H3;2-9,14H,1H3;2*1H2. The van der Waals surface area contributed by atoms with Gasteiger partial charge in [0.15, 0.2) is 5.75 Å². The maximum Gasteiger partial charge on any atom is 0.241 e. The highest BCUT2D eigenvalue weighted by Gasteiger charge is 2.37. The molecule has 17 heteroatoms. The van der Waals surface area contributed by atoms with Gasteiger partial charge in [-0.1, -0.05) is 303 Å². The number of para-hydroxylation sites is 4. The molecule has 0 spiro atoms. The molecular formula is C111H100O11S6. The first-order chi connectivity index (χ1) is 60.5. The summed E-state index contributed by atoms with van der Waals surface area (Å²) in [4.78, 5) is 4.69. The second-order valence-electron chi connectivity index (χ2n) is 32.6. The van der Waals surface area contributed by atoms with Crippen molar-refractivity contribution >= 4 is 127 Å². The lowest BCUT2D eigenvalue weighted by Gasteiger charge is -2.21. The Hall–Kier alpha value is -12.5. The lowest BCUT2D eigenvalue weighted by Crippen LogP contribution is -2.11. The number of aryl methyl sites for hydroxylation is 15. The van der Waals surface area contributed by atoms with Crippen molar-refractivity contribution in [2.45, 2.75) is 138 Å². The van der Waals surface area contributed by atoms with E-state index in [1.165, 1.54) is 84.5 Å². The Kier molecular flexibility index (Phi) is 27.1. The highest BCUT2D eigenvalue weighted by Crippen LogP contribution is 2.50. The van der Waals surface area contributed by atoms with Crippen molar-refractivity contribution in [2.24, 2.45) is 0 Å². The van der Waals surface area contributed by atoms with E-state index < -0.39 is 41.6 Å². The molecule has 19 aromatic rings. The number of rotatable bonds is 1. The number of sulfone groups is 2. The van der Waals surface area contributed by atoms with E-state index in [1.54, 1.807) is 0 Å². The minimum atomic E-state index is -3.33. The Labute approximate surface area is 762 Å². The van der Waals surface area contributed by atoms with Gasteiger partial charge in [0.25, 0.3) is 0 Å². The summed E-state index contributed by atoms with van der Waals surface area (Å²) in [7, 11) is -7.65. The van der Waals surface area contributed by atoms with Gasteiger partial charge in [0.05, 0.1) is 45.1 Å². The molecule has 1 atom stereocenters. The van der Waals surface area contributed by atoms with Gasteiger partial charge in [0, 0.05) is 90.1 Å². The number of phenolic OH excluding ortho intramolecular Hbond substituents is 1. The number of fused-ring (bicyclic) bond motifs is 21. The monoisotopic (exact) mass is 1800 g/mol. The third-order valence-corrected chi connectivity index (χ3v) is 34.0. The Balaban J connectivity index is 0.000000118. The molecule has 1 unspecified atom stereocenters. The molecule has 128 heavy (non-hydrogen) atoms. The van der Waals surface area contributed by atoms with Gasteiger partial charge in [-0.2, -0.15) is 0 Å². The van der Waals surface area contributed by atoms with Crippen LogP contribution in [0.25, 0.3) is 118 Å². The number of hydrogen-bond donors (Lipinski definition) is 1. The van der Waals surface area contributed by atoms with E-state index >= 15 is 0 Å². The second-order valence-corrected chi connectivity index (χ2v) is 40.6. The van der Waals surface area contributed by atoms with Crippen LogP contribution < -0.4 is 4.18 Å². The molecule has 0 radical (unpaired) electrons. The molecule has 16 aromatic carbocycles. The average Bonchev–Trinajstić information content (AvgIpc) is 1.59. The summed E-state index contributed by atoms with van der Waals surface area (Å²) in [6.45, 7) is 30.2. The molecule has 4 aliphatic rings. The average molecular weight is 1800 g/mol. The molecule has 0 aliphatic carbocycles. The smallest absolute Gasteiger partial charge is 0.241 e.